The summed E-state index contributed by atoms with van der Waals surface area (Å²) in [4.78, 5) is 45.8. The minimum atomic E-state index is -0.811. The summed E-state index contributed by atoms with van der Waals surface area (Å²) in [6.07, 6.45) is 2.79. The fourth-order valence-corrected chi connectivity index (χ4v) is 2.91. The number of amides is 2. The van der Waals surface area contributed by atoms with Crippen LogP contribution >= 0.6 is 0 Å². The van der Waals surface area contributed by atoms with Gasteiger partial charge in [0.15, 0.2) is 5.69 Å². The van der Waals surface area contributed by atoms with Crippen molar-refractivity contribution in [1.82, 2.24) is 10.0 Å². The van der Waals surface area contributed by atoms with Crippen molar-refractivity contribution in [3.05, 3.63) is 64.5 Å². The van der Waals surface area contributed by atoms with E-state index in [2.05, 4.69) is 4.98 Å². The van der Waals surface area contributed by atoms with Gasteiger partial charge in [0.1, 0.15) is 0 Å². The third-order valence-electron chi connectivity index (χ3n) is 4.07. The summed E-state index contributed by atoms with van der Waals surface area (Å²) >= 11 is 0. The first-order valence-corrected chi connectivity index (χ1v) is 7.34. The van der Waals surface area contributed by atoms with E-state index < -0.39 is 17.8 Å². The Bertz CT molecular complexity index is 824. The van der Waals surface area contributed by atoms with Crippen LogP contribution < -0.4 is 0 Å². The number of hydrogen-bond acceptors (Lipinski definition) is 5. The highest BCUT2D eigenvalue weighted by Crippen LogP contribution is 2.24. The highest BCUT2D eigenvalue weighted by Gasteiger charge is 2.39. The minimum Gasteiger partial charge on any atom is -0.323 e. The number of benzene rings is 1. The molecule has 0 atom stereocenters. The summed E-state index contributed by atoms with van der Waals surface area (Å²) in [5.41, 5.74) is 2.56. The van der Waals surface area contributed by atoms with Crippen LogP contribution in [0.2, 0.25) is 0 Å². The van der Waals surface area contributed by atoms with E-state index in [0.29, 0.717) is 5.06 Å². The monoisotopic (exact) mass is 308 g/mol. The molecule has 0 saturated heterocycles. The molecule has 2 amide bonds. The van der Waals surface area contributed by atoms with Gasteiger partial charge in [0.25, 0.3) is 11.8 Å². The van der Waals surface area contributed by atoms with Gasteiger partial charge in [0.2, 0.25) is 0 Å². The summed E-state index contributed by atoms with van der Waals surface area (Å²) in [5.74, 6) is -2.09. The summed E-state index contributed by atoms with van der Waals surface area (Å²) in [5, 5.41) is 0.502. The van der Waals surface area contributed by atoms with E-state index in [4.69, 9.17) is 4.84 Å². The van der Waals surface area contributed by atoms with Crippen LogP contribution in [-0.2, 0) is 17.7 Å². The average molecular weight is 308 g/mol. The molecule has 114 valence electrons. The van der Waals surface area contributed by atoms with Gasteiger partial charge in [-0.15, -0.1) is 0 Å². The van der Waals surface area contributed by atoms with Crippen LogP contribution in [0.5, 0.6) is 0 Å². The molecule has 0 N–H and O–H groups in total. The molecule has 0 fully saturated rings. The fourth-order valence-electron chi connectivity index (χ4n) is 2.91. The number of carbonyl (C=O) groups excluding carboxylic acids is 3. The summed E-state index contributed by atoms with van der Waals surface area (Å²) in [6, 6.07) is 9.75. The predicted molar refractivity (Wildman–Crippen MR) is 78.6 cm³/mol. The molecule has 1 aliphatic heterocycles. The average Bonchev–Trinajstić information content (AvgIpc) is 3.13. The summed E-state index contributed by atoms with van der Waals surface area (Å²) in [6.45, 7) is 0. The molecule has 4 rings (SSSR count). The van der Waals surface area contributed by atoms with Crippen molar-refractivity contribution in [2.24, 2.45) is 0 Å². The third-order valence-corrected chi connectivity index (χ3v) is 4.07. The van der Waals surface area contributed by atoms with Crippen LogP contribution in [0.3, 0.4) is 0 Å². The molecule has 1 aromatic carbocycles. The van der Waals surface area contributed by atoms with Gasteiger partial charge in [-0.25, -0.2) is 9.78 Å². The van der Waals surface area contributed by atoms with E-state index in [1.165, 1.54) is 12.1 Å². The van der Waals surface area contributed by atoms with Crippen molar-refractivity contribution >= 4 is 17.8 Å². The van der Waals surface area contributed by atoms with Crippen LogP contribution in [0.1, 0.15) is 48.9 Å². The number of fused-ring (bicyclic) bond motifs is 2. The maximum absolute atomic E-state index is 12.2. The van der Waals surface area contributed by atoms with Gasteiger partial charge < -0.3 is 4.84 Å². The molecule has 0 saturated carbocycles. The lowest BCUT2D eigenvalue weighted by molar-refractivity contribution is -0.0588. The van der Waals surface area contributed by atoms with Gasteiger partial charge in [0, 0.05) is 5.69 Å². The SMILES string of the molecule is O=C(ON1C(=O)c2ccccc2C1=O)c1ccc2c(n1)CCC2. The van der Waals surface area contributed by atoms with Crippen molar-refractivity contribution in [1.29, 1.82) is 0 Å². The highest BCUT2D eigenvalue weighted by atomic mass is 16.7. The van der Waals surface area contributed by atoms with Gasteiger partial charge in [-0.2, -0.15) is 0 Å². The van der Waals surface area contributed by atoms with Crippen molar-refractivity contribution in [2.75, 3.05) is 0 Å². The normalized spacial score (nSPS) is 15.6. The number of pyridine rings is 1. The molecule has 0 bridgehead atoms. The van der Waals surface area contributed by atoms with Crippen LogP contribution in [0.15, 0.2) is 36.4 Å². The molecular formula is C17H12N2O4. The third kappa shape index (κ3) is 2.11. The lowest BCUT2D eigenvalue weighted by Gasteiger charge is -2.12. The topological polar surface area (TPSA) is 76.6 Å². The zero-order valence-electron chi connectivity index (χ0n) is 12.1. The lowest BCUT2D eigenvalue weighted by atomic mass is 10.1. The van der Waals surface area contributed by atoms with Crippen LogP contribution in [0.4, 0.5) is 0 Å². The Hall–Kier alpha value is -3.02. The van der Waals surface area contributed by atoms with E-state index in [1.807, 2.05) is 6.07 Å². The molecule has 0 radical (unpaired) electrons. The summed E-state index contributed by atoms with van der Waals surface area (Å²) in [7, 11) is 0. The number of nitrogens with zero attached hydrogens (tertiary/aromatic N) is 2. The van der Waals surface area contributed by atoms with Gasteiger partial charge in [0.05, 0.1) is 11.1 Å². The van der Waals surface area contributed by atoms with Gasteiger partial charge >= 0.3 is 5.97 Å². The van der Waals surface area contributed by atoms with Crippen LogP contribution in [0.25, 0.3) is 0 Å². The molecule has 2 heterocycles. The minimum absolute atomic E-state index is 0.0993. The highest BCUT2D eigenvalue weighted by molar-refractivity contribution is 6.21. The Morgan fingerprint density at radius 1 is 1.00 bits per heavy atom. The number of carbonyl (C=O) groups is 3. The number of imide groups is 1. The molecule has 1 aliphatic carbocycles. The summed E-state index contributed by atoms with van der Waals surface area (Å²) < 4.78 is 0. The van der Waals surface area contributed by atoms with E-state index >= 15 is 0 Å². The quantitative estimate of drug-likeness (QED) is 0.792. The predicted octanol–water partition coefficient (Wildman–Crippen LogP) is 1.94. The molecule has 2 aromatic rings. The Labute approximate surface area is 131 Å². The van der Waals surface area contributed by atoms with Crippen molar-refractivity contribution in [2.45, 2.75) is 19.3 Å². The van der Waals surface area contributed by atoms with Gasteiger partial charge in [-0.3, -0.25) is 9.59 Å². The number of rotatable bonds is 2. The Morgan fingerprint density at radius 2 is 1.70 bits per heavy atom. The zero-order valence-corrected chi connectivity index (χ0v) is 12.1. The largest absolute Gasteiger partial charge is 0.382 e. The van der Waals surface area contributed by atoms with E-state index in [0.717, 1.165) is 30.5 Å². The second-order valence-corrected chi connectivity index (χ2v) is 5.48. The Kier molecular flexibility index (Phi) is 2.97. The van der Waals surface area contributed by atoms with E-state index in [9.17, 15) is 14.4 Å². The molecule has 0 spiro atoms. The van der Waals surface area contributed by atoms with Crippen molar-refractivity contribution < 1.29 is 19.2 Å². The second kappa shape index (κ2) is 5.01. The Morgan fingerprint density at radius 3 is 2.39 bits per heavy atom. The molecule has 23 heavy (non-hydrogen) atoms. The van der Waals surface area contributed by atoms with Gasteiger partial charge in [-0.1, -0.05) is 23.3 Å². The van der Waals surface area contributed by atoms with Crippen LogP contribution in [-0.4, -0.2) is 27.8 Å². The number of hydrogen-bond donors (Lipinski definition) is 0. The van der Waals surface area contributed by atoms with Crippen molar-refractivity contribution in [3.63, 3.8) is 0 Å². The molecule has 6 heteroatoms. The molecule has 0 unspecified atom stereocenters. The molecule has 1 aromatic heterocycles. The fraction of sp³-hybridized carbons (Fsp3) is 0.176. The maximum Gasteiger partial charge on any atom is 0.382 e. The lowest BCUT2D eigenvalue weighted by Crippen LogP contribution is -2.33. The number of aromatic nitrogens is 1. The zero-order chi connectivity index (χ0) is 16.0. The second-order valence-electron chi connectivity index (χ2n) is 5.48. The molecule has 2 aliphatic rings. The first-order chi connectivity index (χ1) is 11.1. The number of hydroxylamine groups is 2. The number of aryl methyl sites for hydroxylation is 2. The molecular weight excluding hydrogens is 296 g/mol. The van der Waals surface area contributed by atoms with E-state index in [-0.39, 0.29) is 16.8 Å². The van der Waals surface area contributed by atoms with E-state index in [1.54, 1.807) is 18.2 Å². The van der Waals surface area contributed by atoms with Crippen LogP contribution in [0, 0.1) is 0 Å². The molecule has 6 nitrogen and oxygen atoms in total. The maximum atomic E-state index is 12.2. The smallest absolute Gasteiger partial charge is 0.323 e. The van der Waals surface area contributed by atoms with Gasteiger partial charge in [-0.05, 0) is 43.0 Å². The first kappa shape index (κ1) is 13.6. The van der Waals surface area contributed by atoms with Crippen molar-refractivity contribution in [3.8, 4) is 0 Å². The first-order valence-electron chi connectivity index (χ1n) is 7.34. The standard InChI is InChI=1S/C17H12N2O4/c20-15-11-5-1-2-6-12(11)16(21)19(15)23-17(22)14-9-8-10-4-3-7-13(10)18-14/h1-2,5-6,8-9H,3-4,7H2. The Balaban J connectivity index is 1.58.